The molecule has 4 heteroatoms. The van der Waals surface area contributed by atoms with Crippen molar-refractivity contribution in [1.29, 1.82) is 0 Å². The Morgan fingerprint density at radius 2 is 2.12 bits per heavy atom. The minimum Gasteiger partial charge on any atom is -0.339 e. The third kappa shape index (κ3) is 3.04. The van der Waals surface area contributed by atoms with Crippen LogP contribution in [0.1, 0.15) is 56.2 Å². The van der Waals surface area contributed by atoms with E-state index in [4.69, 9.17) is 4.52 Å². The van der Waals surface area contributed by atoms with Gasteiger partial charge in [-0.15, -0.1) is 0 Å². The van der Waals surface area contributed by atoms with Gasteiger partial charge in [-0.2, -0.15) is 4.98 Å². The van der Waals surface area contributed by atoms with Gasteiger partial charge in [0.05, 0.1) is 0 Å². The van der Waals surface area contributed by atoms with Crippen molar-refractivity contribution in [1.82, 2.24) is 15.5 Å². The van der Waals surface area contributed by atoms with E-state index in [1.165, 1.54) is 32.1 Å². The van der Waals surface area contributed by atoms with Crippen molar-refractivity contribution in [2.24, 2.45) is 0 Å². The Labute approximate surface area is 96.8 Å². The molecule has 0 aliphatic heterocycles. The summed E-state index contributed by atoms with van der Waals surface area (Å²) in [6, 6.07) is 0. The van der Waals surface area contributed by atoms with E-state index >= 15 is 0 Å². The van der Waals surface area contributed by atoms with Crippen molar-refractivity contribution in [3.8, 4) is 0 Å². The van der Waals surface area contributed by atoms with Gasteiger partial charge in [-0.05, 0) is 32.9 Å². The molecule has 1 aromatic rings. The molecule has 0 unspecified atom stereocenters. The summed E-state index contributed by atoms with van der Waals surface area (Å²) in [4.78, 5) is 4.50. The summed E-state index contributed by atoms with van der Waals surface area (Å²) in [6.45, 7) is 1.01. The first-order valence-corrected chi connectivity index (χ1v) is 6.37. The first-order valence-electron chi connectivity index (χ1n) is 6.37. The summed E-state index contributed by atoms with van der Waals surface area (Å²) in [7, 11) is 1.96. The predicted octanol–water partition coefficient (Wildman–Crippen LogP) is 2.27. The van der Waals surface area contributed by atoms with Crippen molar-refractivity contribution >= 4 is 0 Å². The molecule has 0 atom stereocenters. The number of nitrogens with one attached hydrogen (secondary N) is 1. The summed E-state index contributed by atoms with van der Waals surface area (Å²) in [5, 5.41) is 7.17. The molecule has 4 nitrogen and oxygen atoms in total. The molecule has 1 saturated carbocycles. The molecule has 0 amide bonds. The third-order valence-electron chi connectivity index (χ3n) is 3.27. The zero-order chi connectivity index (χ0) is 11.2. The molecule has 0 bridgehead atoms. The van der Waals surface area contributed by atoms with Gasteiger partial charge in [-0.3, -0.25) is 0 Å². The number of aryl methyl sites for hydroxylation is 1. The molecule has 1 aromatic heterocycles. The molecule has 1 N–H and O–H groups in total. The molecule has 90 valence electrons. The molecule has 1 fully saturated rings. The lowest BCUT2D eigenvalue weighted by molar-refractivity contribution is 0.312. The van der Waals surface area contributed by atoms with Crippen LogP contribution in [0, 0.1) is 0 Å². The molecule has 0 aromatic carbocycles. The minimum atomic E-state index is 0.527. The van der Waals surface area contributed by atoms with Gasteiger partial charge in [0.25, 0.3) is 0 Å². The number of hydrogen-bond donors (Lipinski definition) is 1. The molecular weight excluding hydrogens is 202 g/mol. The van der Waals surface area contributed by atoms with E-state index in [2.05, 4.69) is 15.5 Å². The van der Waals surface area contributed by atoms with Crippen molar-refractivity contribution in [3.63, 3.8) is 0 Å². The normalized spacial score (nSPS) is 17.8. The highest BCUT2D eigenvalue weighted by Crippen LogP contribution is 2.31. The lowest BCUT2D eigenvalue weighted by Crippen LogP contribution is -2.09. The Morgan fingerprint density at radius 1 is 1.31 bits per heavy atom. The van der Waals surface area contributed by atoms with Gasteiger partial charge < -0.3 is 9.84 Å². The highest BCUT2D eigenvalue weighted by molar-refractivity contribution is 4.95. The average Bonchev–Trinajstić information content (AvgIpc) is 2.79. The fourth-order valence-electron chi connectivity index (χ4n) is 2.31. The minimum absolute atomic E-state index is 0.527. The number of aromatic nitrogens is 2. The van der Waals surface area contributed by atoms with E-state index in [9.17, 15) is 0 Å². The maximum absolute atomic E-state index is 5.35. The highest BCUT2D eigenvalue weighted by atomic mass is 16.5. The van der Waals surface area contributed by atoms with Gasteiger partial charge in [-0.25, -0.2) is 0 Å². The van der Waals surface area contributed by atoms with Crippen molar-refractivity contribution in [2.75, 3.05) is 13.6 Å². The third-order valence-corrected chi connectivity index (χ3v) is 3.27. The Kier molecular flexibility index (Phi) is 4.34. The Balaban J connectivity index is 1.85. The van der Waals surface area contributed by atoms with Crippen LogP contribution in [-0.4, -0.2) is 23.7 Å². The Morgan fingerprint density at radius 3 is 2.88 bits per heavy atom. The molecule has 16 heavy (non-hydrogen) atoms. The summed E-state index contributed by atoms with van der Waals surface area (Å²) in [5.41, 5.74) is 0. The fraction of sp³-hybridized carbons (Fsp3) is 0.833. The monoisotopic (exact) mass is 223 g/mol. The van der Waals surface area contributed by atoms with Crippen LogP contribution >= 0.6 is 0 Å². The second-order valence-corrected chi connectivity index (χ2v) is 4.59. The first kappa shape index (κ1) is 11.6. The number of rotatable bonds is 5. The second kappa shape index (κ2) is 5.99. The first-order chi connectivity index (χ1) is 7.90. The molecule has 2 rings (SSSR count). The zero-order valence-electron chi connectivity index (χ0n) is 10.0. The SMILES string of the molecule is CNCCCc1noc(C2CCCCC2)n1. The van der Waals surface area contributed by atoms with Gasteiger partial charge >= 0.3 is 0 Å². The van der Waals surface area contributed by atoms with E-state index in [1.807, 2.05) is 7.05 Å². The largest absolute Gasteiger partial charge is 0.339 e. The van der Waals surface area contributed by atoms with Crippen LogP contribution in [0.15, 0.2) is 4.52 Å². The lowest BCUT2D eigenvalue weighted by Gasteiger charge is -2.17. The summed E-state index contributed by atoms with van der Waals surface area (Å²) in [6.07, 6.45) is 8.40. The molecule has 1 aliphatic carbocycles. The molecule has 1 heterocycles. The van der Waals surface area contributed by atoms with Gasteiger partial charge in [0, 0.05) is 12.3 Å². The summed E-state index contributed by atoms with van der Waals surface area (Å²) >= 11 is 0. The van der Waals surface area contributed by atoms with E-state index in [-0.39, 0.29) is 0 Å². The smallest absolute Gasteiger partial charge is 0.229 e. The van der Waals surface area contributed by atoms with Crippen LogP contribution in [-0.2, 0) is 6.42 Å². The van der Waals surface area contributed by atoms with Crippen molar-refractivity contribution < 1.29 is 4.52 Å². The maximum Gasteiger partial charge on any atom is 0.229 e. The fourth-order valence-corrected chi connectivity index (χ4v) is 2.31. The number of hydrogen-bond acceptors (Lipinski definition) is 4. The molecule has 0 spiro atoms. The Bertz CT molecular complexity index is 305. The molecule has 0 saturated heterocycles. The maximum atomic E-state index is 5.35. The topological polar surface area (TPSA) is 51.0 Å². The van der Waals surface area contributed by atoms with E-state index in [0.29, 0.717) is 5.92 Å². The van der Waals surface area contributed by atoms with Crippen LogP contribution in [0.2, 0.25) is 0 Å². The van der Waals surface area contributed by atoms with Crippen LogP contribution in [0.4, 0.5) is 0 Å². The predicted molar refractivity (Wildman–Crippen MR) is 62.4 cm³/mol. The lowest BCUT2D eigenvalue weighted by atomic mass is 9.89. The van der Waals surface area contributed by atoms with E-state index < -0.39 is 0 Å². The van der Waals surface area contributed by atoms with E-state index in [1.54, 1.807) is 0 Å². The summed E-state index contributed by atoms with van der Waals surface area (Å²) < 4.78 is 5.35. The van der Waals surface area contributed by atoms with Crippen LogP contribution in [0.25, 0.3) is 0 Å². The standard InChI is InChI=1S/C12H21N3O/c1-13-9-5-8-11-14-12(16-15-11)10-6-3-2-4-7-10/h10,13H,2-9H2,1H3. The zero-order valence-corrected chi connectivity index (χ0v) is 10.0. The van der Waals surface area contributed by atoms with Crippen LogP contribution < -0.4 is 5.32 Å². The van der Waals surface area contributed by atoms with E-state index in [0.717, 1.165) is 31.1 Å². The van der Waals surface area contributed by atoms with Gasteiger partial charge in [-0.1, -0.05) is 24.4 Å². The van der Waals surface area contributed by atoms with Crippen molar-refractivity contribution in [3.05, 3.63) is 11.7 Å². The molecular formula is C12H21N3O. The molecule has 1 aliphatic rings. The van der Waals surface area contributed by atoms with Gasteiger partial charge in [0.2, 0.25) is 5.89 Å². The van der Waals surface area contributed by atoms with Crippen LogP contribution in [0.5, 0.6) is 0 Å². The summed E-state index contributed by atoms with van der Waals surface area (Å²) in [5.74, 6) is 2.27. The van der Waals surface area contributed by atoms with Gasteiger partial charge in [0.1, 0.15) is 0 Å². The van der Waals surface area contributed by atoms with Gasteiger partial charge in [0.15, 0.2) is 5.82 Å². The second-order valence-electron chi connectivity index (χ2n) is 4.59. The Hall–Kier alpha value is -0.900. The van der Waals surface area contributed by atoms with Crippen molar-refractivity contribution in [2.45, 2.75) is 50.9 Å². The number of nitrogens with zero attached hydrogens (tertiary/aromatic N) is 2. The highest BCUT2D eigenvalue weighted by Gasteiger charge is 2.21. The quantitative estimate of drug-likeness (QED) is 0.778. The average molecular weight is 223 g/mol. The van der Waals surface area contributed by atoms with Crippen LogP contribution in [0.3, 0.4) is 0 Å². The molecule has 0 radical (unpaired) electrons.